The molecule has 0 aromatic carbocycles. The summed E-state index contributed by atoms with van der Waals surface area (Å²) < 4.78 is 0. The number of rotatable bonds is 5. The van der Waals surface area contributed by atoms with Gasteiger partial charge in [0.05, 0.1) is 0 Å². The third-order valence-electron chi connectivity index (χ3n) is 3.50. The minimum atomic E-state index is 0. The molecule has 1 aliphatic heterocycles. The van der Waals surface area contributed by atoms with E-state index in [9.17, 15) is 0 Å². The lowest BCUT2D eigenvalue weighted by Crippen LogP contribution is -2.40. The summed E-state index contributed by atoms with van der Waals surface area (Å²) in [7, 11) is 0. The Bertz CT molecular complexity index is 148. The Hall–Kier alpha value is 0.500. The van der Waals surface area contributed by atoms with Gasteiger partial charge in [-0.1, -0.05) is 20.3 Å². The van der Waals surface area contributed by atoms with Gasteiger partial charge < -0.3 is 10.6 Å². The monoisotopic (exact) mass is 270 g/mol. The Morgan fingerprint density at radius 3 is 2.31 bits per heavy atom. The molecule has 4 heteroatoms. The van der Waals surface area contributed by atoms with Gasteiger partial charge in [0, 0.05) is 6.04 Å². The molecule has 0 aliphatic carbocycles. The van der Waals surface area contributed by atoms with E-state index in [0.717, 1.165) is 5.92 Å². The van der Waals surface area contributed by atoms with E-state index in [1.807, 2.05) is 0 Å². The minimum Gasteiger partial charge on any atom is -0.328 e. The molecule has 1 saturated heterocycles. The van der Waals surface area contributed by atoms with Gasteiger partial charge >= 0.3 is 0 Å². The Morgan fingerprint density at radius 2 is 1.81 bits per heavy atom. The molecule has 0 amide bonds. The molecule has 0 aromatic rings. The molecule has 1 rings (SSSR count). The van der Waals surface area contributed by atoms with Crippen LogP contribution in [-0.4, -0.2) is 30.6 Å². The van der Waals surface area contributed by atoms with E-state index in [-0.39, 0.29) is 24.8 Å². The fourth-order valence-electron chi connectivity index (χ4n) is 2.04. The maximum Gasteiger partial charge on any atom is 0.00631 e. The van der Waals surface area contributed by atoms with Crippen molar-refractivity contribution in [1.29, 1.82) is 0 Å². The van der Waals surface area contributed by atoms with Gasteiger partial charge in [-0.15, -0.1) is 24.8 Å². The number of nitrogens with zero attached hydrogens (tertiary/aromatic N) is 1. The summed E-state index contributed by atoms with van der Waals surface area (Å²) in [6.07, 6.45) is 6.47. The van der Waals surface area contributed by atoms with Crippen molar-refractivity contribution in [3.05, 3.63) is 0 Å². The van der Waals surface area contributed by atoms with Crippen LogP contribution in [0, 0.1) is 5.92 Å². The molecule has 0 unspecified atom stereocenters. The molecule has 2 nitrogen and oxygen atoms in total. The zero-order chi connectivity index (χ0) is 10.4. The number of hydrogen-bond acceptors (Lipinski definition) is 2. The van der Waals surface area contributed by atoms with E-state index in [2.05, 4.69) is 18.7 Å². The van der Waals surface area contributed by atoms with Gasteiger partial charge in [-0.25, -0.2) is 0 Å². The fourth-order valence-corrected chi connectivity index (χ4v) is 2.04. The average molecular weight is 271 g/mol. The first kappa shape index (κ1) is 18.9. The summed E-state index contributed by atoms with van der Waals surface area (Å²) in [5.74, 6) is 0.905. The summed E-state index contributed by atoms with van der Waals surface area (Å²) in [5.41, 5.74) is 5.87. The van der Waals surface area contributed by atoms with Gasteiger partial charge in [0.2, 0.25) is 0 Å². The van der Waals surface area contributed by atoms with Gasteiger partial charge in [0.1, 0.15) is 0 Å². The van der Waals surface area contributed by atoms with E-state index in [1.165, 1.54) is 51.7 Å². The average Bonchev–Trinajstić information content (AvgIpc) is 2.21. The van der Waals surface area contributed by atoms with Crippen LogP contribution >= 0.6 is 24.8 Å². The van der Waals surface area contributed by atoms with E-state index in [4.69, 9.17) is 5.73 Å². The molecule has 100 valence electrons. The van der Waals surface area contributed by atoms with Crippen molar-refractivity contribution in [3.63, 3.8) is 0 Å². The van der Waals surface area contributed by atoms with E-state index < -0.39 is 0 Å². The highest BCUT2D eigenvalue weighted by molar-refractivity contribution is 5.85. The van der Waals surface area contributed by atoms with Crippen LogP contribution < -0.4 is 5.73 Å². The van der Waals surface area contributed by atoms with Crippen molar-refractivity contribution in [2.75, 3.05) is 19.6 Å². The molecule has 0 saturated carbocycles. The predicted molar refractivity (Wildman–Crippen MR) is 76.8 cm³/mol. The first-order chi connectivity index (χ1) is 6.72. The summed E-state index contributed by atoms with van der Waals surface area (Å²) in [6, 6.07) is 0.473. The molecule has 0 spiro atoms. The second-order valence-electron chi connectivity index (χ2n) is 4.83. The van der Waals surface area contributed by atoms with Crippen LogP contribution in [0.15, 0.2) is 0 Å². The zero-order valence-corrected chi connectivity index (χ0v) is 12.3. The molecule has 1 fully saturated rings. The van der Waals surface area contributed by atoms with Crippen LogP contribution in [0.2, 0.25) is 0 Å². The van der Waals surface area contributed by atoms with E-state index >= 15 is 0 Å². The SMILES string of the molecule is CC[C@H](C)CCCN1CCC(N)CC1.Cl.Cl. The van der Waals surface area contributed by atoms with Crippen molar-refractivity contribution in [2.24, 2.45) is 11.7 Å². The molecule has 1 aliphatic rings. The van der Waals surface area contributed by atoms with Crippen LogP contribution in [-0.2, 0) is 0 Å². The number of piperidine rings is 1. The lowest BCUT2D eigenvalue weighted by Gasteiger charge is -2.30. The van der Waals surface area contributed by atoms with Gasteiger partial charge in [-0.05, 0) is 51.2 Å². The van der Waals surface area contributed by atoms with Gasteiger partial charge in [0.25, 0.3) is 0 Å². The lowest BCUT2D eigenvalue weighted by atomic mass is 10.0. The van der Waals surface area contributed by atoms with E-state index in [0.29, 0.717) is 6.04 Å². The van der Waals surface area contributed by atoms with Gasteiger partial charge in [0.15, 0.2) is 0 Å². The summed E-state index contributed by atoms with van der Waals surface area (Å²) in [6.45, 7) is 8.37. The van der Waals surface area contributed by atoms with Crippen LogP contribution in [0.1, 0.15) is 46.0 Å². The maximum atomic E-state index is 5.87. The lowest BCUT2D eigenvalue weighted by molar-refractivity contribution is 0.206. The molecular weight excluding hydrogens is 243 g/mol. The Balaban J connectivity index is 0. The largest absolute Gasteiger partial charge is 0.328 e. The highest BCUT2D eigenvalue weighted by Gasteiger charge is 2.15. The molecule has 0 bridgehead atoms. The smallest absolute Gasteiger partial charge is 0.00631 e. The highest BCUT2D eigenvalue weighted by Crippen LogP contribution is 2.12. The normalized spacial score (nSPS) is 19.7. The molecule has 2 N–H and O–H groups in total. The predicted octanol–water partition coefficient (Wildman–Crippen LogP) is 3.08. The number of likely N-dealkylation sites (tertiary alicyclic amines) is 1. The second-order valence-corrected chi connectivity index (χ2v) is 4.83. The zero-order valence-electron chi connectivity index (χ0n) is 10.7. The topological polar surface area (TPSA) is 29.3 Å². The van der Waals surface area contributed by atoms with Crippen molar-refractivity contribution < 1.29 is 0 Å². The number of nitrogens with two attached hydrogens (primary N) is 1. The maximum absolute atomic E-state index is 5.87. The second kappa shape index (κ2) is 10.6. The molecular formula is C12H28Cl2N2. The fraction of sp³-hybridized carbons (Fsp3) is 1.00. The summed E-state index contributed by atoms with van der Waals surface area (Å²) in [4.78, 5) is 2.58. The number of hydrogen-bond donors (Lipinski definition) is 1. The van der Waals surface area contributed by atoms with Crippen molar-refractivity contribution >= 4 is 24.8 Å². The molecule has 1 heterocycles. The first-order valence-corrected chi connectivity index (χ1v) is 6.20. The van der Waals surface area contributed by atoms with Crippen LogP contribution in [0.25, 0.3) is 0 Å². The summed E-state index contributed by atoms with van der Waals surface area (Å²) >= 11 is 0. The standard InChI is InChI=1S/C12H26N2.2ClH/c1-3-11(2)5-4-8-14-9-6-12(13)7-10-14;;/h11-12H,3-10,13H2,1-2H3;2*1H/t11-;;/m0../s1. The number of halogens is 2. The van der Waals surface area contributed by atoms with E-state index in [1.54, 1.807) is 0 Å². The third-order valence-corrected chi connectivity index (χ3v) is 3.50. The van der Waals surface area contributed by atoms with Crippen molar-refractivity contribution in [3.8, 4) is 0 Å². The Labute approximate surface area is 113 Å². The molecule has 16 heavy (non-hydrogen) atoms. The first-order valence-electron chi connectivity index (χ1n) is 6.20. The summed E-state index contributed by atoms with van der Waals surface area (Å²) in [5, 5.41) is 0. The Kier molecular flexibility index (Phi) is 12.5. The minimum absolute atomic E-state index is 0. The molecule has 0 radical (unpaired) electrons. The molecule has 1 atom stereocenters. The van der Waals surface area contributed by atoms with Gasteiger partial charge in [-0.3, -0.25) is 0 Å². The highest BCUT2D eigenvalue weighted by atomic mass is 35.5. The molecule has 0 aromatic heterocycles. The Morgan fingerprint density at radius 1 is 1.25 bits per heavy atom. The quantitative estimate of drug-likeness (QED) is 0.832. The van der Waals surface area contributed by atoms with Crippen LogP contribution in [0.4, 0.5) is 0 Å². The van der Waals surface area contributed by atoms with Gasteiger partial charge in [-0.2, -0.15) is 0 Å². The van der Waals surface area contributed by atoms with Crippen LogP contribution in [0.3, 0.4) is 0 Å². The van der Waals surface area contributed by atoms with Crippen LogP contribution in [0.5, 0.6) is 0 Å². The van der Waals surface area contributed by atoms with Crippen molar-refractivity contribution in [2.45, 2.75) is 52.0 Å². The third kappa shape index (κ3) is 7.72. The van der Waals surface area contributed by atoms with Crippen molar-refractivity contribution in [1.82, 2.24) is 4.90 Å².